The Balaban J connectivity index is 2.43. The van der Waals surface area contributed by atoms with Crippen LogP contribution in [0.2, 0.25) is 0 Å². The van der Waals surface area contributed by atoms with Crippen LogP contribution >= 0.6 is 0 Å². The van der Waals surface area contributed by atoms with Crippen molar-refractivity contribution in [3.8, 4) is 5.75 Å². The van der Waals surface area contributed by atoms with Gasteiger partial charge >= 0.3 is 0 Å². The van der Waals surface area contributed by atoms with Crippen LogP contribution in [0.25, 0.3) is 0 Å². The number of benzene rings is 1. The van der Waals surface area contributed by atoms with Crippen molar-refractivity contribution in [1.82, 2.24) is 5.32 Å². The van der Waals surface area contributed by atoms with Gasteiger partial charge in [0.15, 0.2) is 5.78 Å². The van der Waals surface area contributed by atoms with E-state index in [0.29, 0.717) is 19.1 Å². The molecule has 1 aromatic carbocycles. The molecule has 18 heavy (non-hydrogen) atoms. The Kier molecular flexibility index (Phi) is 6.44. The fourth-order valence-electron chi connectivity index (χ4n) is 1.71. The van der Waals surface area contributed by atoms with E-state index >= 15 is 0 Å². The Morgan fingerprint density at radius 3 is 2.83 bits per heavy atom. The van der Waals surface area contributed by atoms with Gasteiger partial charge in [-0.1, -0.05) is 26.0 Å². The lowest BCUT2D eigenvalue weighted by Crippen LogP contribution is -2.24. The summed E-state index contributed by atoms with van der Waals surface area (Å²) in [4.78, 5) is 12.0. The van der Waals surface area contributed by atoms with Crippen LogP contribution in [0.3, 0.4) is 0 Å². The molecule has 0 aliphatic carbocycles. The van der Waals surface area contributed by atoms with Crippen LogP contribution < -0.4 is 10.1 Å². The van der Waals surface area contributed by atoms with Crippen molar-refractivity contribution in [1.29, 1.82) is 0 Å². The zero-order valence-corrected chi connectivity index (χ0v) is 11.5. The third-order valence-electron chi connectivity index (χ3n) is 2.60. The second-order valence-corrected chi connectivity index (χ2v) is 4.60. The largest absolute Gasteiger partial charge is 0.494 e. The second-order valence-electron chi connectivity index (χ2n) is 4.60. The molecule has 100 valence electrons. The highest BCUT2D eigenvalue weighted by Gasteiger charge is 2.06. The van der Waals surface area contributed by atoms with Gasteiger partial charge in [0.1, 0.15) is 5.75 Å². The third kappa shape index (κ3) is 5.32. The molecule has 0 amide bonds. The van der Waals surface area contributed by atoms with Gasteiger partial charge in [0.05, 0.1) is 6.61 Å². The number of Topliss-reactive ketones (excluding diaryl/α,β-unsaturated/α-hetero) is 1. The Hall–Kier alpha value is -1.35. The lowest BCUT2D eigenvalue weighted by Gasteiger charge is -2.08. The maximum atomic E-state index is 12.0. The molecule has 1 N–H and O–H groups in total. The van der Waals surface area contributed by atoms with Crippen molar-refractivity contribution in [2.45, 2.75) is 39.7 Å². The average Bonchev–Trinajstić information content (AvgIpc) is 2.35. The monoisotopic (exact) mass is 249 g/mol. The van der Waals surface area contributed by atoms with Crippen LogP contribution in [-0.2, 0) is 0 Å². The number of nitrogens with one attached hydrogen (secondary N) is 1. The van der Waals surface area contributed by atoms with Crippen molar-refractivity contribution < 1.29 is 9.53 Å². The smallest absolute Gasteiger partial charge is 0.163 e. The van der Waals surface area contributed by atoms with Gasteiger partial charge in [0.25, 0.3) is 0 Å². The Morgan fingerprint density at radius 1 is 1.39 bits per heavy atom. The summed E-state index contributed by atoms with van der Waals surface area (Å²) >= 11 is 0. The molecular weight excluding hydrogens is 226 g/mol. The highest BCUT2D eigenvalue weighted by Crippen LogP contribution is 2.15. The van der Waals surface area contributed by atoms with Crippen LogP contribution in [-0.4, -0.2) is 25.0 Å². The van der Waals surface area contributed by atoms with Crippen molar-refractivity contribution >= 4 is 5.78 Å². The normalized spacial score (nSPS) is 10.7. The summed E-state index contributed by atoms with van der Waals surface area (Å²) in [6.07, 6.45) is 1.45. The van der Waals surface area contributed by atoms with Gasteiger partial charge in [0.2, 0.25) is 0 Å². The molecule has 3 heteroatoms. The molecular formula is C15H23NO2. The molecule has 0 saturated heterocycles. The molecule has 3 nitrogen and oxygen atoms in total. The first kappa shape index (κ1) is 14.7. The standard InChI is InChI=1S/C15H23NO2/c1-4-18-14-8-5-7-13(11-14)15(17)9-6-10-16-12(2)3/h5,7-8,11-12,16H,4,6,9-10H2,1-3H3. The second kappa shape index (κ2) is 7.88. The molecule has 0 saturated carbocycles. The number of carbonyl (C=O) groups excluding carboxylic acids is 1. The van der Waals surface area contributed by atoms with Gasteiger partial charge in [0, 0.05) is 18.0 Å². The summed E-state index contributed by atoms with van der Waals surface area (Å²) < 4.78 is 5.39. The van der Waals surface area contributed by atoms with Gasteiger partial charge in [-0.3, -0.25) is 4.79 Å². The van der Waals surface area contributed by atoms with E-state index in [0.717, 1.165) is 24.3 Å². The molecule has 0 heterocycles. The molecule has 0 atom stereocenters. The first-order chi connectivity index (χ1) is 8.63. The average molecular weight is 249 g/mol. The van der Waals surface area contributed by atoms with E-state index in [1.807, 2.05) is 31.2 Å². The zero-order chi connectivity index (χ0) is 13.4. The third-order valence-corrected chi connectivity index (χ3v) is 2.60. The lowest BCUT2D eigenvalue weighted by atomic mass is 10.1. The van der Waals surface area contributed by atoms with Crippen molar-refractivity contribution in [2.75, 3.05) is 13.2 Å². The first-order valence-electron chi connectivity index (χ1n) is 6.63. The molecule has 1 aromatic rings. The minimum atomic E-state index is 0.183. The molecule has 0 fully saturated rings. The SMILES string of the molecule is CCOc1cccc(C(=O)CCCNC(C)C)c1. The van der Waals surface area contributed by atoms with E-state index < -0.39 is 0 Å². The minimum Gasteiger partial charge on any atom is -0.494 e. The van der Waals surface area contributed by atoms with Crippen molar-refractivity contribution in [3.63, 3.8) is 0 Å². The van der Waals surface area contributed by atoms with Crippen molar-refractivity contribution in [2.24, 2.45) is 0 Å². The number of ether oxygens (including phenoxy) is 1. The highest BCUT2D eigenvalue weighted by molar-refractivity contribution is 5.96. The quantitative estimate of drug-likeness (QED) is 0.568. The van der Waals surface area contributed by atoms with Crippen LogP contribution in [0.5, 0.6) is 5.75 Å². The lowest BCUT2D eigenvalue weighted by molar-refractivity contribution is 0.0979. The molecule has 0 spiro atoms. The number of carbonyl (C=O) groups is 1. The summed E-state index contributed by atoms with van der Waals surface area (Å²) in [7, 11) is 0. The predicted octanol–water partition coefficient (Wildman–Crippen LogP) is 3.05. The number of hydrogen-bond acceptors (Lipinski definition) is 3. The summed E-state index contributed by atoms with van der Waals surface area (Å²) in [6.45, 7) is 7.65. The Labute approximate surface area is 110 Å². The van der Waals surface area contributed by atoms with E-state index in [2.05, 4.69) is 19.2 Å². The van der Waals surface area contributed by atoms with E-state index in [9.17, 15) is 4.79 Å². The zero-order valence-electron chi connectivity index (χ0n) is 11.5. The van der Waals surface area contributed by atoms with Gasteiger partial charge in [-0.2, -0.15) is 0 Å². The molecule has 0 bridgehead atoms. The predicted molar refractivity (Wildman–Crippen MR) is 74.3 cm³/mol. The van der Waals surface area contributed by atoms with Gasteiger partial charge in [-0.15, -0.1) is 0 Å². The van der Waals surface area contributed by atoms with Crippen LogP contribution in [0.15, 0.2) is 24.3 Å². The number of ketones is 1. The van der Waals surface area contributed by atoms with Gasteiger partial charge in [-0.25, -0.2) is 0 Å². The van der Waals surface area contributed by atoms with E-state index in [1.165, 1.54) is 0 Å². The molecule has 0 aliphatic rings. The molecule has 0 aliphatic heterocycles. The van der Waals surface area contributed by atoms with E-state index in [1.54, 1.807) is 0 Å². The Morgan fingerprint density at radius 2 is 2.17 bits per heavy atom. The summed E-state index contributed by atoms with van der Waals surface area (Å²) in [6, 6.07) is 7.88. The first-order valence-corrected chi connectivity index (χ1v) is 6.63. The summed E-state index contributed by atoms with van der Waals surface area (Å²) in [5.74, 6) is 0.950. The highest BCUT2D eigenvalue weighted by atomic mass is 16.5. The topological polar surface area (TPSA) is 38.3 Å². The van der Waals surface area contributed by atoms with Crippen LogP contribution in [0.1, 0.15) is 44.0 Å². The Bertz CT molecular complexity index is 375. The molecule has 0 unspecified atom stereocenters. The minimum absolute atomic E-state index is 0.183. The van der Waals surface area contributed by atoms with E-state index in [4.69, 9.17) is 4.74 Å². The fraction of sp³-hybridized carbons (Fsp3) is 0.533. The van der Waals surface area contributed by atoms with E-state index in [-0.39, 0.29) is 5.78 Å². The fourth-order valence-corrected chi connectivity index (χ4v) is 1.71. The van der Waals surface area contributed by atoms with Crippen molar-refractivity contribution in [3.05, 3.63) is 29.8 Å². The van der Waals surface area contributed by atoms with Gasteiger partial charge in [-0.05, 0) is 32.0 Å². The molecule has 0 aromatic heterocycles. The molecule has 0 radical (unpaired) electrons. The maximum Gasteiger partial charge on any atom is 0.163 e. The van der Waals surface area contributed by atoms with Crippen LogP contribution in [0.4, 0.5) is 0 Å². The number of hydrogen-bond donors (Lipinski definition) is 1. The van der Waals surface area contributed by atoms with Crippen LogP contribution in [0, 0.1) is 0 Å². The van der Waals surface area contributed by atoms with Gasteiger partial charge < -0.3 is 10.1 Å². The number of rotatable bonds is 8. The summed E-state index contributed by atoms with van der Waals surface area (Å²) in [5.41, 5.74) is 0.741. The summed E-state index contributed by atoms with van der Waals surface area (Å²) in [5, 5.41) is 3.31. The molecule has 1 rings (SSSR count). The maximum absolute atomic E-state index is 12.0.